The number of hydrogen-bond donors (Lipinski definition) is 0. The van der Waals surface area contributed by atoms with Crippen LogP contribution in [0.1, 0.15) is 72.9 Å². The highest BCUT2D eigenvalue weighted by Crippen LogP contribution is 2.57. The number of ether oxygens (including phenoxy) is 1. The van der Waals surface area contributed by atoms with Gasteiger partial charge in [-0.15, -0.1) is 0 Å². The minimum Gasteiger partial charge on any atom is -0.457 e. The molecular formula is C60H45BN2O2. The summed E-state index contributed by atoms with van der Waals surface area (Å²) in [5, 5.41) is 2.89. The zero-order valence-corrected chi connectivity index (χ0v) is 36.8. The average molecular weight is 837 g/mol. The smallest absolute Gasteiger partial charge is 0.354 e. The summed E-state index contributed by atoms with van der Waals surface area (Å²) in [5.41, 5.74) is 17.4. The van der Waals surface area contributed by atoms with Gasteiger partial charge in [0.2, 0.25) is 0 Å². The van der Waals surface area contributed by atoms with Gasteiger partial charge in [-0.3, -0.25) is 14.1 Å². The molecule has 3 aliphatic heterocycles. The normalized spacial score (nSPS) is 13.8. The second-order valence-corrected chi connectivity index (χ2v) is 18.7. The summed E-state index contributed by atoms with van der Waals surface area (Å²) in [4.78, 5) is 16.1. The highest BCUT2D eigenvalue weighted by atomic mass is 16.5. The van der Waals surface area contributed by atoms with Crippen molar-refractivity contribution in [3.05, 3.63) is 232 Å². The molecule has 0 unspecified atom stereocenters. The molecule has 0 aliphatic carbocycles. The first kappa shape index (κ1) is 37.9. The lowest BCUT2D eigenvalue weighted by Crippen LogP contribution is -2.60. The van der Waals surface area contributed by atoms with Crippen molar-refractivity contribution in [2.45, 2.75) is 44.9 Å². The summed E-state index contributed by atoms with van der Waals surface area (Å²) in [7, 11) is 0. The third-order valence-corrected chi connectivity index (χ3v) is 14.6. The van der Waals surface area contributed by atoms with Crippen LogP contribution in [0, 0.1) is 0 Å². The number of para-hydroxylation sites is 2. The second-order valence-electron chi connectivity index (χ2n) is 18.7. The summed E-state index contributed by atoms with van der Waals surface area (Å²) < 4.78 is 11.2. The molecule has 0 bridgehead atoms. The van der Waals surface area contributed by atoms with E-state index in [1.165, 1.54) is 27.8 Å². The van der Waals surface area contributed by atoms with Crippen molar-refractivity contribution >= 4 is 39.4 Å². The Bertz CT molecular complexity index is 3600. The van der Waals surface area contributed by atoms with E-state index >= 15 is 4.79 Å². The van der Waals surface area contributed by atoms with Crippen molar-refractivity contribution in [1.82, 2.24) is 9.27 Å². The third kappa shape index (κ3) is 5.07. The van der Waals surface area contributed by atoms with Gasteiger partial charge in [0.05, 0.1) is 22.0 Å². The lowest BCUT2D eigenvalue weighted by Gasteiger charge is -2.46. The van der Waals surface area contributed by atoms with E-state index in [-0.39, 0.29) is 5.56 Å². The van der Waals surface area contributed by atoms with E-state index in [0.29, 0.717) is 11.8 Å². The van der Waals surface area contributed by atoms with E-state index < -0.39 is 12.3 Å². The monoisotopic (exact) mass is 836 g/mol. The van der Waals surface area contributed by atoms with Gasteiger partial charge < -0.3 is 4.74 Å². The van der Waals surface area contributed by atoms with E-state index in [9.17, 15) is 0 Å². The number of aromatic nitrogens is 2. The Morgan fingerprint density at radius 2 is 1.09 bits per heavy atom. The van der Waals surface area contributed by atoms with E-state index in [4.69, 9.17) is 4.74 Å². The Kier molecular flexibility index (Phi) is 8.12. The van der Waals surface area contributed by atoms with E-state index in [0.717, 1.165) is 88.7 Å². The van der Waals surface area contributed by atoms with Crippen LogP contribution >= 0.6 is 0 Å². The van der Waals surface area contributed by atoms with Crippen molar-refractivity contribution in [3.8, 4) is 50.6 Å². The minimum absolute atomic E-state index is 0.00329. The predicted octanol–water partition coefficient (Wildman–Crippen LogP) is 13.0. The van der Waals surface area contributed by atoms with Crippen LogP contribution in [0.25, 0.3) is 60.7 Å². The molecule has 0 atom stereocenters. The highest BCUT2D eigenvalue weighted by Gasteiger charge is 2.56. The molecule has 0 fully saturated rings. The molecule has 0 N–H and O–H groups in total. The molecule has 5 heteroatoms. The quantitative estimate of drug-likeness (QED) is 0.162. The van der Waals surface area contributed by atoms with Gasteiger partial charge in [0, 0.05) is 16.5 Å². The fourth-order valence-corrected chi connectivity index (χ4v) is 12.0. The second kappa shape index (κ2) is 13.9. The zero-order chi connectivity index (χ0) is 43.7. The molecule has 9 aromatic carbocycles. The fraction of sp³-hybridized carbons (Fsp3) is 0.117. The molecule has 310 valence electrons. The molecule has 1 spiro atoms. The van der Waals surface area contributed by atoms with Gasteiger partial charge in [-0.25, -0.2) is 0 Å². The van der Waals surface area contributed by atoms with E-state index in [1.54, 1.807) is 0 Å². The number of hydrogen-bond acceptors (Lipinski definition) is 2. The van der Waals surface area contributed by atoms with Gasteiger partial charge in [0.15, 0.2) is 0 Å². The van der Waals surface area contributed by atoms with Crippen LogP contribution in [0.3, 0.4) is 0 Å². The summed E-state index contributed by atoms with van der Waals surface area (Å²) in [6, 6.07) is 67.7. The predicted molar refractivity (Wildman–Crippen MR) is 268 cm³/mol. The van der Waals surface area contributed by atoms with Crippen LogP contribution in [-0.4, -0.2) is 16.1 Å². The van der Waals surface area contributed by atoms with Gasteiger partial charge in [0.1, 0.15) is 11.5 Å². The molecule has 65 heavy (non-hydrogen) atoms. The van der Waals surface area contributed by atoms with Crippen LogP contribution in [-0.2, 0) is 5.41 Å². The van der Waals surface area contributed by atoms with Crippen molar-refractivity contribution in [2.75, 3.05) is 0 Å². The van der Waals surface area contributed by atoms with Crippen molar-refractivity contribution < 1.29 is 4.74 Å². The Hall–Kier alpha value is -7.63. The first-order valence-electron chi connectivity index (χ1n) is 23.0. The minimum atomic E-state index is -0.735. The molecule has 10 aromatic rings. The van der Waals surface area contributed by atoms with Gasteiger partial charge in [-0.2, -0.15) is 0 Å². The molecule has 0 amide bonds. The van der Waals surface area contributed by atoms with Crippen LogP contribution in [0.2, 0.25) is 0 Å². The lowest BCUT2D eigenvalue weighted by molar-refractivity contribution is 0.435. The molecule has 4 nitrogen and oxygen atoms in total. The maximum atomic E-state index is 16.1. The third-order valence-electron chi connectivity index (χ3n) is 14.6. The number of nitrogens with zero attached hydrogens (tertiary/aromatic N) is 2. The van der Waals surface area contributed by atoms with Crippen LogP contribution in [0.4, 0.5) is 0 Å². The Balaban J connectivity index is 1.22. The molecular weight excluding hydrogens is 791 g/mol. The molecule has 0 saturated carbocycles. The highest BCUT2D eigenvalue weighted by molar-refractivity contribution is 6.87. The first-order chi connectivity index (χ1) is 31.9. The number of rotatable bonds is 5. The van der Waals surface area contributed by atoms with Gasteiger partial charge in [-0.1, -0.05) is 191 Å². The van der Waals surface area contributed by atoms with Crippen molar-refractivity contribution in [1.29, 1.82) is 0 Å². The summed E-state index contributed by atoms with van der Waals surface area (Å²) in [6.07, 6.45) is 0. The Labute approximate surface area is 379 Å². The van der Waals surface area contributed by atoms with Gasteiger partial charge >= 0.3 is 6.85 Å². The van der Waals surface area contributed by atoms with Crippen LogP contribution in [0.15, 0.2) is 193 Å². The Morgan fingerprint density at radius 3 is 1.75 bits per heavy atom. The van der Waals surface area contributed by atoms with Crippen LogP contribution < -0.4 is 21.2 Å². The van der Waals surface area contributed by atoms with Gasteiger partial charge in [0.25, 0.3) is 5.56 Å². The molecule has 0 radical (unpaired) electrons. The fourth-order valence-electron chi connectivity index (χ4n) is 12.0. The number of fused-ring (bicyclic) bond motifs is 15. The van der Waals surface area contributed by atoms with Gasteiger partial charge in [-0.05, 0) is 108 Å². The largest absolute Gasteiger partial charge is 0.457 e. The first-order valence-corrected chi connectivity index (χ1v) is 23.0. The maximum Gasteiger partial charge on any atom is 0.354 e. The summed E-state index contributed by atoms with van der Waals surface area (Å²) >= 11 is 0. The molecule has 0 saturated heterocycles. The SMILES string of the molecule is CC(C)c1cccc(C(C)C)c1-c1ccc2c(c1)B1c3c(cccc3C23c2ccccc2Oc2ccccc23)-n2c3c(c(-c4ccccc4)cc4c(-c5ccccc5)cccc43)c(=O)n21. The summed E-state index contributed by atoms with van der Waals surface area (Å²) in [5.74, 6) is 2.32. The molecule has 13 rings (SSSR count). The number of benzene rings is 9. The maximum absolute atomic E-state index is 16.1. The van der Waals surface area contributed by atoms with Crippen molar-refractivity contribution in [2.24, 2.45) is 0 Å². The molecule has 3 aliphatic rings. The van der Waals surface area contributed by atoms with E-state index in [2.05, 4.69) is 219 Å². The zero-order valence-electron chi connectivity index (χ0n) is 36.8. The molecule has 1 aromatic heterocycles. The van der Waals surface area contributed by atoms with E-state index in [1.807, 2.05) is 6.07 Å². The van der Waals surface area contributed by atoms with Crippen molar-refractivity contribution in [3.63, 3.8) is 0 Å². The summed E-state index contributed by atoms with van der Waals surface area (Å²) in [6.45, 7) is 8.76. The molecule has 4 heterocycles. The standard InChI is InChI=1S/C60H45BN2O2/c1-36(2)41-22-15-23-42(37(3)4)55(41)40-32-33-47-51(34-40)61-57-50(60(47)48-26-11-13-30-53(48)65-54-31-14-12-27-49(54)60)28-17-29-52(57)62-58-44-25-16-24-43(38-18-7-5-8-19-38)46(44)35-45(39-20-9-6-10-21-39)56(58)59(64)63(61)62/h5-37H,1-4H3. The lowest BCUT2D eigenvalue weighted by atomic mass is 9.40. The Morgan fingerprint density at radius 1 is 0.508 bits per heavy atom. The topological polar surface area (TPSA) is 36.2 Å². The average Bonchev–Trinajstić information content (AvgIpc) is 3.85. The van der Waals surface area contributed by atoms with Crippen LogP contribution in [0.5, 0.6) is 11.5 Å².